The molecule has 0 saturated carbocycles. The van der Waals surface area contributed by atoms with Crippen molar-refractivity contribution in [1.82, 2.24) is 9.97 Å². The number of H-pyrrole nitrogens is 1. The zero-order valence-corrected chi connectivity index (χ0v) is 20.8. The van der Waals surface area contributed by atoms with Crippen molar-refractivity contribution in [3.05, 3.63) is 113 Å². The monoisotopic (exact) mass is 496 g/mol. The minimum atomic E-state index is -0.919. The lowest BCUT2D eigenvalue weighted by Gasteiger charge is -2.32. The van der Waals surface area contributed by atoms with Gasteiger partial charge >= 0.3 is 5.97 Å². The number of esters is 1. The molecule has 7 nitrogen and oxygen atoms in total. The van der Waals surface area contributed by atoms with Crippen molar-refractivity contribution in [3.63, 3.8) is 0 Å². The molecule has 7 heteroatoms. The minimum absolute atomic E-state index is 0.124. The Bertz CT molecular complexity index is 1420. The largest absolute Gasteiger partial charge is 0.489 e. The summed E-state index contributed by atoms with van der Waals surface area (Å²) in [5.41, 5.74) is 2.86. The maximum absolute atomic E-state index is 12.7. The molecule has 188 valence electrons. The lowest BCUT2D eigenvalue weighted by molar-refractivity contribution is 0.0600. The number of ketones is 1. The molecule has 0 amide bonds. The molecule has 1 aliphatic rings. The van der Waals surface area contributed by atoms with E-state index in [4.69, 9.17) is 14.2 Å². The number of imidazole rings is 1. The Hall–Kier alpha value is -4.39. The van der Waals surface area contributed by atoms with Crippen LogP contribution in [-0.4, -0.2) is 28.8 Å². The van der Waals surface area contributed by atoms with E-state index in [1.165, 1.54) is 7.11 Å². The van der Waals surface area contributed by atoms with E-state index in [0.29, 0.717) is 34.9 Å². The van der Waals surface area contributed by atoms with Crippen LogP contribution in [0.5, 0.6) is 11.5 Å². The number of ether oxygens (including phenoxy) is 3. The number of methoxy groups -OCH3 is 1. The Kier molecular flexibility index (Phi) is 6.77. The second kappa shape index (κ2) is 10.3. The summed E-state index contributed by atoms with van der Waals surface area (Å²) in [4.78, 5) is 32.4. The first-order valence-electron chi connectivity index (χ1n) is 12.2. The van der Waals surface area contributed by atoms with E-state index in [1.807, 2.05) is 49.4 Å². The van der Waals surface area contributed by atoms with E-state index in [2.05, 4.69) is 9.97 Å². The molecule has 0 saturated heterocycles. The van der Waals surface area contributed by atoms with Gasteiger partial charge in [0.15, 0.2) is 17.2 Å². The van der Waals surface area contributed by atoms with Crippen LogP contribution in [-0.2, 0) is 23.4 Å². The minimum Gasteiger partial charge on any atom is -0.489 e. The number of nitrogens with one attached hydrogen (secondary N) is 1. The molecular weight excluding hydrogens is 468 g/mol. The predicted octanol–water partition coefficient (Wildman–Crippen LogP) is 5.64. The number of benzene rings is 3. The molecule has 0 aliphatic heterocycles. The Morgan fingerprint density at radius 2 is 1.89 bits per heavy atom. The first-order chi connectivity index (χ1) is 18.0. The van der Waals surface area contributed by atoms with Crippen molar-refractivity contribution in [2.75, 3.05) is 7.11 Å². The van der Waals surface area contributed by atoms with Crippen LogP contribution >= 0.6 is 0 Å². The number of aromatic nitrogens is 2. The van der Waals surface area contributed by atoms with Crippen LogP contribution in [0.1, 0.15) is 63.0 Å². The maximum Gasteiger partial charge on any atom is 0.337 e. The summed E-state index contributed by atoms with van der Waals surface area (Å²) in [7, 11) is 1.34. The van der Waals surface area contributed by atoms with Crippen molar-refractivity contribution < 1.29 is 23.8 Å². The highest BCUT2D eigenvalue weighted by Crippen LogP contribution is 2.38. The number of hydrogen-bond donors (Lipinski definition) is 1. The van der Waals surface area contributed by atoms with E-state index >= 15 is 0 Å². The van der Waals surface area contributed by atoms with Crippen molar-refractivity contribution in [2.24, 2.45) is 0 Å². The lowest BCUT2D eigenvalue weighted by atomic mass is 9.86. The summed E-state index contributed by atoms with van der Waals surface area (Å²) >= 11 is 0. The Balaban J connectivity index is 1.55. The summed E-state index contributed by atoms with van der Waals surface area (Å²) in [6.45, 7) is 2.13. The topological polar surface area (TPSA) is 90.5 Å². The highest BCUT2D eigenvalue weighted by atomic mass is 16.5. The molecule has 0 fully saturated rings. The third-order valence-electron chi connectivity index (χ3n) is 6.75. The first-order valence-corrected chi connectivity index (χ1v) is 12.2. The number of fused-ring (bicyclic) bond motifs is 1. The second-order valence-electron chi connectivity index (χ2n) is 9.09. The second-order valence-corrected chi connectivity index (χ2v) is 9.09. The van der Waals surface area contributed by atoms with Gasteiger partial charge in [0.05, 0.1) is 12.7 Å². The fourth-order valence-electron chi connectivity index (χ4n) is 4.76. The predicted molar refractivity (Wildman–Crippen MR) is 138 cm³/mol. The van der Waals surface area contributed by atoms with Gasteiger partial charge in [-0.25, -0.2) is 9.78 Å². The molecular formula is C30H28N2O5. The van der Waals surface area contributed by atoms with Crippen LogP contribution in [0.15, 0.2) is 79.1 Å². The van der Waals surface area contributed by atoms with Crippen LogP contribution in [0, 0.1) is 0 Å². The number of hydrogen-bond acceptors (Lipinski definition) is 6. The highest BCUT2D eigenvalue weighted by Gasteiger charge is 2.35. The molecule has 1 aromatic heterocycles. The third-order valence-corrected chi connectivity index (χ3v) is 6.75. The zero-order chi connectivity index (χ0) is 25.8. The standard InChI is InChI=1S/C30H28N2O5/c1-30(29-31-16-17-32-29,21-9-4-3-5-10-21)37-27-15-14-24-23(12-7-13-26(24)33)25(27)19-36-22-11-6-8-20(18-22)28(34)35-2/h3-6,8-11,14-18H,7,12-13,19H2,1-2H3,(H,31,32)/t30-/m0/s1. The maximum atomic E-state index is 12.7. The van der Waals surface area contributed by atoms with Crippen molar-refractivity contribution in [1.29, 1.82) is 0 Å². The van der Waals surface area contributed by atoms with Gasteiger partial charge in [-0.3, -0.25) is 4.79 Å². The quantitative estimate of drug-likeness (QED) is 0.318. The fraction of sp³-hybridized carbons (Fsp3) is 0.233. The lowest BCUT2D eigenvalue weighted by Crippen LogP contribution is -2.33. The first kappa shape index (κ1) is 24.3. The zero-order valence-electron chi connectivity index (χ0n) is 20.8. The van der Waals surface area contributed by atoms with Crippen LogP contribution in [0.25, 0.3) is 0 Å². The summed E-state index contributed by atoms with van der Waals surface area (Å²) < 4.78 is 17.8. The smallest absolute Gasteiger partial charge is 0.337 e. The number of rotatable bonds is 8. The molecule has 37 heavy (non-hydrogen) atoms. The molecule has 5 rings (SSSR count). The molecule has 0 unspecified atom stereocenters. The van der Waals surface area contributed by atoms with Crippen LogP contribution in [0.4, 0.5) is 0 Å². The van der Waals surface area contributed by atoms with Gasteiger partial charge in [0, 0.05) is 35.5 Å². The summed E-state index contributed by atoms with van der Waals surface area (Å²) in [5, 5.41) is 0. The summed E-state index contributed by atoms with van der Waals surface area (Å²) in [6, 6.07) is 20.4. The molecule has 1 heterocycles. The third kappa shape index (κ3) is 4.85. The van der Waals surface area contributed by atoms with Gasteiger partial charge in [0.1, 0.15) is 18.1 Å². The molecule has 1 N–H and O–H groups in total. The number of carbonyl (C=O) groups excluding carboxylic acids is 2. The molecule has 3 aromatic carbocycles. The van der Waals surface area contributed by atoms with Crippen LogP contribution in [0.3, 0.4) is 0 Å². The van der Waals surface area contributed by atoms with Gasteiger partial charge in [0.25, 0.3) is 0 Å². The fourth-order valence-corrected chi connectivity index (χ4v) is 4.76. The van der Waals surface area contributed by atoms with Gasteiger partial charge in [-0.15, -0.1) is 0 Å². The van der Waals surface area contributed by atoms with E-state index in [-0.39, 0.29) is 12.4 Å². The average molecular weight is 497 g/mol. The highest BCUT2D eigenvalue weighted by molar-refractivity contribution is 5.99. The van der Waals surface area contributed by atoms with Gasteiger partial charge in [-0.1, -0.05) is 36.4 Å². The Labute approximate surface area is 215 Å². The van der Waals surface area contributed by atoms with E-state index in [0.717, 1.165) is 29.5 Å². The molecule has 4 aromatic rings. The normalized spacial score (nSPS) is 14.4. The number of carbonyl (C=O) groups is 2. The van der Waals surface area contributed by atoms with Crippen molar-refractivity contribution in [3.8, 4) is 11.5 Å². The Morgan fingerprint density at radius 3 is 2.65 bits per heavy atom. The summed E-state index contributed by atoms with van der Waals surface area (Å²) in [5.74, 6) is 1.48. The van der Waals surface area contributed by atoms with E-state index in [1.54, 1.807) is 36.7 Å². The van der Waals surface area contributed by atoms with E-state index < -0.39 is 11.6 Å². The molecule has 0 bridgehead atoms. The van der Waals surface area contributed by atoms with Gasteiger partial charge in [-0.05, 0) is 55.7 Å². The molecule has 0 spiro atoms. The molecule has 1 aliphatic carbocycles. The summed E-state index contributed by atoms with van der Waals surface area (Å²) in [6.07, 6.45) is 5.52. The SMILES string of the molecule is COC(=O)c1cccc(OCc2c(O[C@@](C)(c3ccccc3)c3ncc[nH]3)ccc3c2CCCC3=O)c1. The van der Waals surface area contributed by atoms with Gasteiger partial charge in [-0.2, -0.15) is 0 Å². The number of aromatic amines is 1. The number of Topliss-reactive ketones (excluding diaryl/α,β-unsaturated/α-hetero) is 1. The van der Waals surface area contributed by atoms with E-state index in [9.17, 15) is 9.59 Å². The van der Waals surface area contributed by atoms with Gasteiger partial charge < -0.3 is 19.2 Å². The number of nitrogens with zero attached hydrogens (tertiary/aromatic N) is 1. The van der Waals surface area contributed by atoms with Gasteiger partial charge in [0.2, 0.25) is 0 Å². The van der Waals surface area contributed by atoms with Crippen LogP contribution < -0.4 is 9.47 Å². The van der Waals surface area contributed by atoms with Crippen molar-refractivity contribution >= 4 is 11.8 Å². The molecule has 0 radical (unpaired) electrons. The van der Waals surface area contributed by atoms with Crippen molar-refractivity contribution in [2.45, 2.75) is 38.4 Å². The Morgan fingerprint density at radius 1 is 1.05 bits per heavy atom. The van der Waals surface area contributed by atoms with Crippen LogP contribution in [0.2, 0.25) is 0 Å². The molecule has 1 atom stereocenters. The average Bonchev–Trinajstić information content (AvgIpc) is 3.49.